The molecule has 0 saturated carbocycles. The topological polar surface area (TPSA) is 75.4 Å². The molecule has 2 heterocycles. The van der Waals surface area contributed by atoms with Crippen LogP contribution in [0.2, 0.25) is 0 Å². The van der Waals surface area contributed by atoms with Crippen LogP contribution in [0.25, 0.3) is 0 Å². The van der Waals surface area contributed by atoms with E-state index in [4.69, 9.17) is 5.73 Å². The zero-order valence-electron chi connectivity index (χ0n) is 16.9. The van der Waals surface area contributed by atoms with Crippen molar-refractivity contribution in [1.29, 1.82) is 0 Å². The first-order valence-electron chi connectivity index (χ1n) is 9.78. The highest BCUT2D eigenvalue weighted by Crippen LogP contribution is 2.37. The second-order valence-electron chi connectivity index (χ2n) is 7.17. The smallest absolute Gasteiger partial charge is 0.251 e. The number of amides is 2. The van der Waals surface area contributed by atoms with Crippen LogP contribution >= 0.6 is 35.5 Å². The molecule has 0 unspecified atom stereocenters. The Morgan fingerprint density at radius 3 is 2.42 bits per heavy atom. The number of fused-ring (bicyclic) bond motifs is 1. The van der Waals surface area contributed by atoms with Gasteiger partial charge in [0.15, 0.2) is 0 Å². The van der Waals surface area contributed by atoms with Gasteiger partial charge in [0.25, 0.3) is 5.91 Å². The SMILES string of the molecule is Cl.NC(=O)c1c(NC(=O)CSc2ccccc2)sc2c1CCN(Cc1ccccc1)C2. The second-order valence-corrected chi connectivity index (χ2v) is 9.32. The van der Waals surface area contributed by atoms with E-state index in [1.165, 1.54) is 28.7 Å². The molecule has 0 spiro atoms. The van der Waals surface area contributed by atoms with Crippen LogP contribution in [0.3, 0.4) is 0 Å². The van der Waals surface area contributed by atoms with Crippen molar-refractivity contribution in [3.8, 4) is 0 Å². The van der Waals surface area contributed by atoms with Gasteiger partial charge in [0.1, 0.15) is 5.00 Å². The maximum absolute atomic E-state index is 12.5. The summed E-state index contributed by atoms with van der Waals surface area (Å²) >= 11 is 2.94. The molecule has 0 atom stereocenters. The summed E-state index contributed by atoms with van der Waals surface area (Å²) in [5.74, 6) is -0.327. The summed E-state index contributed by atoms with van der Waals surface area (Å²) in [7, 11) is 0. The average molecular weight is 474 g/mol. The Kier molecular flexibility index (Phi) is 8.15. The molecule has 0 saturated heterocycles. The first kappa shape index (κ1) is 23.3. The second kappa shape index (κ2) is 10.8. The predicted octanol–water partition coefficient (Wildman–Crippen LogP) is 4.56. The van der Waals surface area contributed by atoms with Crippen LogP contribution in [0.15, 0.2) is 65.6 Å². The van der Waals surface area contributed by atoms with E-state index < -0.39 is 5.91 Å². The number of thioether (sulfide) groups is 1. The summed E-state index contributed by atoms with van der Waals surface area (Å²) in [5.41, 5.74) is 8.41. The lowest BCUT2D eigenvalue weighted by atomic mass is 10.0. The van der Waals surface area contributed by atoms with Gasteiger partial charge in [-0.25, -0.2) is 0 Å². The van der Waals surface area contributed by atoms with Crippen LogP contribution in [0.1, 0.15) is 26.4 Å². The van der Waals surface area contributed by atoms with Crippen molar-refractivity contribution in [2.45, 2.75) is 24.4 Å². The molecule has 1 aliphatic heterocycles. The monoisotopic (exact) mass is 473 g/mol. The van der Waals surface area contributed by atoms with Gasteiger partial charge in [-0.3, -0.25) is 14.5 Å². The summed E-state index contributed by atoms with van der Waals surface area (Å²) in [6, 6.07) is 20.1. The molecule has 1 aliphatic rings. The number of benzene rings is 2. The molecule has 2 amide bonds. The molecule has 8 heteroatoms. The highest BCUT2D eigenvalue weighted by molar-refractivity contribution is 8.00. The quantitative estimate of drug-likeness (QED) is 0.493. The van der Waals surface area contributed by atoms with Gasteiger partial charge in [0, 0.05) is 29.4 Å². The number of hydrogen-bond acceptors (Lipinski definition) is 5. The first-order valence-corrected chi connectivity index (χ1v) is 11.6. The minimum Gasteiger partial charge on any atom is -0.365 e. The lowest BCUT2D eigenvalue weighted by molar-refractivity contribution is -0.113. The van der Waals surface area contributed by atoms with E-state index in [1.807, 2.05) is 48.5 Å². The van der Waals surface area contributed by atoms with E-state index in [1.54, 1.807) is 0 Å². The van der Waals surface area contributed by atoms with Crippen LogP contribution in [0.5, 0.6) is 0 Å². The molecule has 0 radical (unpaired) electrons. The van der Waals surface area contributed by atoms with E-state index >= 15 is 0 Å². The molecule has 3 N–H and O–H groups in total. The highest BCUT2D eigenvalue weighted by Gasteiger charge is 2.27. The summed E-state index contributed by atoms with van der Waals surface area (Å²) in [5, 5.41) is 3.50. The van der Waals surface area contributed by atoms with Gasteiger partial charge in [-0.1, -0.05) is 48.5 Å². The molecule has 2 aromatic carbocycles. The van der Waals surface area contributed by atoms with E-state index in [9.17, 15) is 9.59 Å². The fraction of sp³-hybridized carbons (Fsp3) is 0.217. The van der Waals surface area contributed by atoms with Crippen molar-refractivity contribution in [2.24, 2.45) is 5.73 Å². The molecule has 1 aromatic heterocycles. The van der Waals surface area contributed by atoms with Crippen LogP contribution in [-0.4, -0.2) is 29.0 Å². The number of nitrogens with zero attached hydrogens (tertiary/aromatic N) is 1. The fourth-order valence-electron chi connectivity index (χ4n) is 3.61. The number of halogens is 1. The molecule has 162 valence electrons. The number of nitrogens with two attached hydrogens (primary N) is 1. The van der Waals surface area contributed by atoms with Crippen LogP contribution in [0, 0.1) is 0 Å². The lowest BCUT2D eigenvalue weighted by Gasteiger charge is -2.27. The third-order valence-corrected chi connectivity index (χ3v) is 7.14. The van der Waals surface area contributed by atoms with Crippen molar-refractivity contribution in [1.82, 2.24) is 4.90 Å². The van der Waals surface area contributed by atoms with Gasteiger partial charge >= 0.3 is 0 Å². The van der Waals surface area contributed by atoms with Gasteiger partial charge in [-0.15, -0.1) is 35.5 Å². The predicted molar refractivity (Wildman–Crippen MR) is 130 cm³/mol. The van der Waals surface area contributed by atoms with E-state index in [-0.39, 0.29) is 24.1 Å². The van der Waals surface area contributed by atoms with E-state index in [0.717, 1.165) is 41.4 Å². The Bertz CT molecular complexity index is 1040. The van der Waals surface area contributed by atoms with E-state index in [0.29, 0.717) is 10.6 Å². The van der Waals surface area contributed by atoms with Gasteiger partial charge < -0.3 is 11.1 Å². The number of carbonyl (C=O) groups is 2. The molecule has 4 rings (SSSR count). The Balaban J connectivity index is 0.00000272. The first-order chi connectivity index (χ1) is 14.6. The molecule has 31 heavy (non-hydrogen) atoms. The Labute approximate surface area is 196 Å². The summed E-state index contributed by atoms with van der Waals surface area (Å²) in [4.78, 5) is 29.1. The Morgan fingerprint density at radius 1 is 1.06 bits per heavy atom. The number of hydrogen-bond donors (Lipinski definition) is 2. The van der Waals surface area contributed by atoms with Crippen LogP contribution in [-0.2, 0) is 24.3 Å². The summed E-state index contributed by atoms with van der Waals surface area (Å²) in [6.07, 6.45) is 0.756. The third-order valence-electron chi connectivity index (χ3n) is 5.00. The van der Waals surface area contributed by atoms with Gasteiger partial charge in [-0.05, 0) is 29.7 Å². The standard InChI is InChI=1S/C23H23N3O2S2.ClH/c24-22(28)21-18-11-12-26(13-16-7-3-1-4-8-16)14-19(18)30-23(21)25-20(27)15-29-17-9-5-2-6-10-17;/h1-10H,11-15H2,(H2,24,28)(H,25,27);1H. The Morgan fingerprint density at radius 2 is 1.74 bits per heavy atom. The van der Waals surface area contributed by atoms with Gasteiger partial charge in [-0.2, -0.15) is 0 Å². The number of anilines is 1. The molecule has 0 fully saturated rings. The number of rotatable bonds is 7. The normalized spacial score (nSPS) is 13.2. The Hall–Kier alpha value is -2.32. The maximum Gasteiger partial charge on any atom is 0.251 e. The highest BCUT2D eigenvalue weighted by atomic mass is 35.5. The van der Waals surface area contributed by atoms with Crippen molar-refractivity contribution in [3.63, 3.8) is 0 Å². The van der Waals surface area contributed by atoms with Crippen LogP contribution < -0.4 is 11.1 Å². The largest absolute Gasteiger partial charge is 0.365 e. The molecule has 3 aromatic rings. The summed E-state index contributed by atoms with van der Waals surface area (Å²) in [6.45, 7) is 2.47. The molecular weight excluding hydrogens is 450 g/mol. The zero-order valence-corrected chi connectivity index (χ0v) is 19.3. The average Bonchev–Trinajstić information content (AvgIpc) is 3.11. The minimum absolute atomic E-state index is 0. The molecule has 0 bridgehead atoms. The number of primary amides is 1. The number of carbonyl (C=O) groups excluding carboxylic acids is 2. The third kappa shape index (κ3) is 5.89. The molecule has 0 aliphatic carbocycles. The van der Waals surface area contributed by atoms with Crippen molar-refractivity contribution in [2.75, 3.05) is 17.6 Å². The zero-order chi connectivity index (χ0) is 20.9. The number of thiophene rings is 1. The van der Waals surface area contributed by atoms with Crippen molar-refractivity contribution in [3.05, 3.63) is 82.2 Å². The fourth-order valence-corrected chi connectivity index (χ4v) is 5.64. The van der Waals surface area contributed by atoms with Gasteiger partial charge in [0.05, 0.1) is 11.3 Å². The van der Waals surface area contributed by atoms with Crippen LogP contribution in [0.4, 0.5) is 5.00 Å². The lowest BCUT2D eigenvalue weighted by Crippen LogP contribution is -2.30. The van der Waals surface area contributed by atoms with E-state index in [2.05, 4.69) is 22.3 Å². The number of nitrogens with one attached hydrogen (secondary N) is 1. The molecular formula is C23H24ClN3O2S2. The van der Waals surface area contributed by atoms with Gasteiger partial charge in [0.2, 0.25) is 5.91 Å². The van der Waals surface area contributed by atoms with Crippen molar-refractivity contribution >= 4 is 52.3 Å². The summed E-state index contributed by atoms with van der Waals surface area (Å²) < 4.78 is 0. The maximum atomic E-state index is 12.5. The van der Waals surface area contributed by atoms with Crippen molar-refractivity contribution < 1.29 is 9.59 Å². The molecule has 5 nitrogen and oxygen atoms in total. The minimum atomic E-state index is -0.477.